The molecule has 1 aromatic heterocycles. The molecule has 1 fully saturated rings. The third-order valence-corrected chi connectivity index (χ3v) is 3.47. The van der Waals surface area contributed by atoms with E-state index in [0.717, 1.165) is 13.0 Å². The zero-order chi connectivity index (χ0) is 15.2. The number of nitrogens with zero attached hydrogens (tertiary/aromatic N) is 4. The van der Waals surface area contributed by atoms with E-state index in [0.29, 0.717) is 19.1 Å². The van der Waals surface area contributed by atoms with Gasteiger partial charge in [0.15, 0.2) is 0 Å². The summed E-state index contributed by atoms with van der Waals surface area (Å²) in [6, 6.07) is 0.675. The topological polar surface area (TPSA) is 96.2 Å². The molecule has 0 amide bonds. The van der Waals surface area contributed by atoms with Crippen LogP contribution in [0.2, 0.25) is 0 Å². The average molecular weight is 294 g/mol. The molecular weight excluding hydrogens is 272 g/mol. The maximum absolute atomic E-state index is 11.3. The fraction of sp³-hybridized carbons (Fsp3) is 0.692. The van der Waals surface area contributed by atoms with E-state index < -0.39 is 4.92 Å². The van der Waals surface area contributed by atoms with Crippen molar-refractivity contribution in [1.82, 2.24) is 14.9 Å². The smallest absolute Gasteiger partial charge is 0.353 e. The number of rotatable bonds is 9. The molecule has 8 heteroatoms. The van der Waals surface area contributed by atoms with Crippen LogP contribution in [0.1, 0.15) is 26.2 Å². The minimum Gasteiger partial charge on any atom is -0.364 e. The molecule has 21 heavy (non-hydrogen) atoms. The summed E-state index contributed by atoms with van der Waals surface area (Å²) in [6.07, 6.45) is 4.71. The predicted octanol–water partition coefficient (Wildman–Crippen LogP) is 1.71. The van der Waals surface area contributed by atoms with Crippen molar-refractivity contribution in [2.45, 2.75) is 32.2 Å². The van der Waals surface area contributed by atoms with E-state index >= 15 is 0 Å². The molecule has 1 saturated carbocycles. The van der Waals surface area contributed by atoms with Crippen LogP contribution >= 0.6 is 0 Å². The van der Waals surface area contributed by atoms with Gasteiger partial charge in [0.05, 0.1) is 4.92 Å². The minimum absolute atomic E-state index is 0.0833. The second-order valence-corrected chi connectivity index (χ2v) is 5.24. The van der Waals surface area contributed by atoms with Crippen molar-refractivity contribution in [3.63, 3.8) is 0 Å². The zero-order valence-electron chi connectivity index (χ0n) is 12.5. The summed E-state index contributed by atoms with van der Waals surface area (Å²) < 4.78 is 0. The number of likely N-dealkylation sites (N-methyl/N-ethyl adjacent to an activating group) is 1. The van der Waals surface area contributed by atoms with Crippen molar-refractivity contribution in [2.24, 2.45) is 0 Å². The van der Waals surface area contributed by atoms with E-state index in [1.807, 2.05) is 6.92 Å². The average Bonchev–Trinajstić information content (AvgIpc) is 3.29. The summed E-state index contributed by atoms with van der Waals surface area (Å²) in [5, 5.41) is 17.3. The van der Waals surface area contributed by atoms with Gasteiger partial charge >= 0.3 is 5.69 Å². The number of nitrogens with one attached hydrogen (secondary N) is 2. The third kappa shape index (κ3) is 4.25. The van der Waals surface area contributed by atoms with E-state index in [4.69, 9.17) is 0 Å². The van der Waals surface area contributed by atoms with E-state index in [1.54, 1.807) is 0 Å². The Bertz CT molecular complexity index is 492. The fourth-order valence-corrected chi connectivity index (χ4v) is 2.10. The van der Waals surface area contributed by atoms with Crippen molar-refractivity contribution in [3.05, 3.63) is 16.4 Å². The predicted molar refractivity (Wildman–Crippen MR) is 81.6 cm³/mol. The number of anilines is 2. The van der Waals surface area contributed by atoms with Gasteiger partial charge in [0.1, 0.15) is 6.33 Å². The summed E-state index contributed by atoms with van der Waals surface area (Å²) in [5.74, 6) is 0.549. The van der Waals surface area contributed by atoms with Crippen LogP contribution in [-0.2, 0) is 0 Å². The molecular formula is C13H22N6O2. The van der Waals surface area contributed by atoms with Crippen LogP contribution in [0.5, 0.6) is 0 Å². The molecule has 0 saturated heterocycles. The first-order valence-electron chi connectivity index (χ1n) is 7.30. The van der Waals surface area contributed by atoms with Crippen molar-refractivity contribution in [1.29, 1.82) is 0 Å². The molecule has 1 aliphatic rings. The standard InChI is InChI=1S/C13H22N6O2/c1-3-6-14-12-11(19(20)21)13(17-9-16-12)15-7-8-18(2)10-4-5-10/h9-10H,3-8H2,1-2H3,(H2,14,15,16,17). The molecule has 1 aromatic rings. The molecule has 2 N–H and O–H groups in total. The normalized spacial score (nSPS) is 14.2. The van der Waals surface area contributed by atoms with Crippen LogP contribution in [0.3, 0.4) is 0 Å². The summed E-state index contributed by atoms with van der Waals surface area (Å²) in [4.78, 5) is 21.0. The molecule has 116 valence electrons. The van der Waals surface area contributed by atoms with Gasteiger partial charge in [-0.1, -0.05) is 6.92 Å². The quantitative estimate of drug-likeness (QED) is 0.528. The summed E-state index contributed by atoms with van der Waals surface area (Å²) in [5.41, 5.74) is -0.0833. The van der Waals surface area contributed by atoms with Gasteiger partial charge < -0.3 is 15.5 Å². The van der Waals surface area contributed by atoms with Gasteiger partial charge in [-0.15, -0.1) is 0 Å². The Labute approximate surface area is 124 Å². The molecule has 1 aliphatic carbocycles. The van der Waals surface area contributed by atoms with Crippen LogP contribution in [0, 0.1) is 10.1 Å². The molecule has 2 rings (SSSR count). The molecule has 1 heterocycles. The second kappa shape index (κ2) is 7.16. The van der Waals surface area contributed by atoms with Gasteiger partial charge in [-0.2, -0.15) is 0 Å². The lowest BCUT2D eigenvalue weighted by molar-refractivity contribution is -0.383. The van der Waals surface area contributed by atoms with Crippen LogP contribution < -0.4 is 10.6 Å². The summed E-state index contributed by atoms with van der Waals surface area (Å²) in [6.45, 7) is 4.09. The zero-order valence-corrected chi connectivity index (χ0v) is 12.5. The first kappa shape index (κ1) is 15.4. The highest BCUT2D eigenvalue weighted by Crippen LogP contribution is 2.29. The van der Waals surface area contributed by atoms with Crippen LogP contribution in [-0.4, -0.2) is 52.5 Å². The van der Waals surface area contributed by atoms with Crippen LogP contribution in [0.15, 0.2) is 6.33 Å². The number of hydrogen-bond donors (Lipinski definition) is 2. The van der Waals surface area contributed by atoms with Gasteiger partial charge in [-0.3, -0.25) is 10.1 Å². The number of hydrogen-bond acceptors (Lipinski definition) is 7. The lowest BCUT2D eigenvalue weighted by Gasteiger charge is -2.16. The van der Waals surface area contributed by atoms with Gasteiger partial charge in [-0.25, -0.2) is 9.97 Å². The Kier molecular flexibility index (Phi) is 5.26. The third-order valence-electron chi connectivity index (χ3n) is 3.47. The Hall–Kier alpha value is -1.96. The van der Waals surface area contributed by atoms with Gasteiger partial charge in [-0.05, 0) is 26.3 Å². The second-order valence-electron chi connectivity index (χ2n) is 5.24. The first-order chi connectivity index (χ1) is 10.1. The Morgan fingerprint density at radius 1 is 1.33 bits per heavy atom. The lowest BCUT2D eigenvalue weighted by atomic mass is 10.4. The van der Waals surface area contributed by atoms with Gasteiger partial charge in [0, 0.05) is 25.7 Å². The molecule has 0 unspecified atom stereocenters. The maximum Gasteiger partial charge on any atom is 0.353 e. The highest BCUT2D eigenvalue weighted by atomic mass is 16.6. The van der Waals surface area contributed by atoms with E-state index in [-0.39, 0.29) is 17.3 Å². The van der Waals surface area contributed by atoms with Crippen molar-refractivity contribution < 1.29 is 4.92 Å². The Balaban J connectivity index is 2.01. The van der Waals surface area contributed by atoms with Crippen LogP contribution in [0.25, 0.3) is 0 Å². The Morgan fingerprint density at radius 2 is 1.95 bits per heavy atom. The van der Waals surface area contributed by atoms with Crippen LogP contribution in [0.4, 0.5) is 17.3 Å². The van der Waals surface area contributed by atoms with E-state index in [1.165, 1.54) is 19.2 Å². The van der Waals surface area contributed by atoms with Gasteiger partial charge in [0.25, 0.3) is 0 Å². The first-order valence-corrected chi connectivity index (χ1v) is 7.30. The highest BCUT2D eigenvalue weighted by Gasteiger charge is 2.26. The van der Waals surface area contributed by atoms with Gasteiger partial charge in [0.2, 0.25) is 11.6 Å². The Morgan fingerprint density at radius 3 is 2.48 bits per heavy atom. The summed E-state index contributed by atoms with van der Waals surface area (Å²) >= 11 is 0. The lowest BCUT2D eigenvalue weighted by Crippen LogP contribution is -2.27. The molecule has 0 bridgehead atoms. The van der Waals surface area contributed by atoms with E-state index in [9.17, 15) is 10.1 Å². The van der Waals surface area contributed by atoms with E-state index in [2.05, 4.69) is 32.5 Å². The monoisotopic (exact) mass is 294 g/mol. The number of nitro groups is 1. The number of aromatic nitrogens is 2. The molecule has 0 aromatic carbocycles. The SMILES string of the molecule is CCCNc1ncnc(NCCN(C)C2CC2)c1[N+](=O)[O-]. The fourth-order valence-electron chi connectivity index (χ4n) is 2.10. The van der Waals surface area contributed by atoms with Crippen molar-refractivity contribution in [3.8, 4) is 0 Å². The highest BCUT2D eigenvalue weighted by molar-refractivity contribution is 5.69. The molecule has 0 radical (unpaired) electrons. The van der Waals surface area contributed by atoms with Crippen molar-refractivity contribution in [2.75, 3.05) is 37.3 Å². The molecule has 8 nitrogen and oxygen atoms in total. The summed E-state index contributed by atoms with van der Waals surface area (Å²) in [7, 11) is 2.07. The maximum atomic E-state index is 11.3. The minimum atomic E-state index is -0.440. The molecule has 0 atom stereocenters. The molecule has 0 aliphatic heterocycles. The molecule has 0 spiro atoms. The van der Waals surface area contributed by atoms with Crippen molar-refractivity contribution >= 4 is 17.3 Å². The largest absolute Gasteiger partial charge is 0.364 e.